The van der Waals surface area contributed by atoms with Crippen molar-refractivity contribution in [1.82, 2.24) is 4.98 Å². The van der Waals surface area contributed by atoms with Gasteiger partial charge in [-0.05, 0) is 25.5 Å². The maximum atomic E-state index is 5.54. The minimum Gasteiger partial charge on any atom is -0.494 e. The average Bonchev–Trinajstić information content (AvgIpc) is 2.54. The van der Waals surface area contributed by atoms with Crippen LogP contribution in [0.1, 0.15) is 18.4 Å². The Balaban J connectivity index is 2.31. The van der Waals surface area contributed by atoms with Gasteiger partial charge in [0.15, 0.2) is 0 Å². The van der Waals surface area contributed by atoms with E-state index in [1.165, 1.54) is 4.70 Å². The quantitative estimate of drug-likeness (QED) is 0.769. The van der Waals surface area contributed by atoms with Crippen LogP contribution in [0.3, 0.4) is 0 Å². The minimum absolute atomic E-state index is 0.772. The molecule has 74 valence electrons. The average molecular weight is 207 g/mol. The van der Waals surface area contributed by atoms with Gasteiger partial charge >= 0.3 is 0 Å². The van der Waals surface area contributed by atoms with Crippen LogP contribution >= 0.6 is 11.3 Å². The van der Waals surface area contributed by atoms with Gasteiger partial charge in [-0.3, -0.25) is 0 Å². The number of aryl methyl sites for hydroxylation is 1. The lowest BCUT2D eigenvalue weighted by Crippen LogP contribution is -1.94. The van der Waals surface area contributed by atoms with Gasteiger partial charge < -0.3 is 4.74 Å². The molecule has 1 heterocycles. The lowest BCUT2D eigenvalue weighted by atomic mass is 10.3. The Bertz CT molecular complexity index is 436. The summed E-state index contributed by atoms with van der Waals surface area (Å²) < 4.78 is 6.77. The summed E-state index contributed by atoms with van der Waals surface area (Å²) in [6, 6.07) is 6.09. The molecule has 14 heavy (non-hydrogen) atoms. The molecule has 3 heteroatoms. The van der Waals surface area contributed by atoms with E-state index in [0.29, 0.717) is 0 Å². The standard InChI is InChI=1S/C11H13NOS/c1-3-6-13-9-4-5-11-10(7-9)12-8(2)14-11/h4-5,7H,3,6H2,1-2H3. The molecule has 0 aliphatic heterocycles. The van der Waals surface area contributed by atoms with Crippen molar-refractivity contribution in [3.8, 4) is 5.75 Å². The molecule has 2 rings (SSSR count). The fourth-order valence-electron chi connectivity index (χ4n) is 1.33. The van der Waals surface area contributed by atoms with E-state index in [0.717, 1.165) is 29.3 Å². The maximum absolute atomic E-state index is 5.54. The van der Waals surface area contributed by atoms with E-state index < -0.39 is 0 Å². The van der Waals surface area contributed by atoms with Crippen LogP contribution in [-0.2, 0) is 0 Å². The van der Waals surface area contributed by atoms with E-state index in [4.69, 9.17) is 4.74 Å². The molecule has 0 N–H and O–H groups in total. The lowest BCUT2D eigenvalue weighted by molar-refractivity contribution is 0.318. The van der Waals surface area contributed by atoms with Crippen molar-refractivity contribution in [1.29, 1.82) is 0 Å². The molecule has 0 atom stereocenters. The van der Waals surface area contributed by atoms with Crippen LogP contribution in [-0.4, -0.2) is 11.6 Å². The second-order valence-corrected chi connectivity index (χ2v) is 4.45. The Hall–Kier alpha value is -1.09. The fraction of sp³-hybridized carbons (Fsp3) is 0.364. The van der Waals surface area contributed by atoms with Crippen LogP contribution in [0.15, 0.2) is 18.2 Å². The number of fused-ring (bicyclic) bond motifs is 1. The number of hydrogen-bond donors (Lipinski definition) is 0. The van der Waals surface area contributed by atoms with Crippen molar-refractivity contribution in [2.75, 3.05) is 6.61 Å². The summed E-state index contributed by atoms with van der Waals surface area (Å²) in [5.74, 6) is 0.921. The van der Waals surface area contributed by atoms with Gasteiger partial charge in [0, 0.05) is 6.07 Å². The first-order chi connectivity index (χ1) is 6.79. The Morgan fingerprint density at radius 2 is 2.29 bits per heavy atom. The van der Waals surface area contributed by atoms with Gasteiger partial charge in [0.2, 0.25) is 0 Å². The molecule has 0 spiro atoms. The van der Waals surface area contributed by atoms with Crippen LogP contribution in [0.4, 0.5) is 0 Å². The Labute approximate surface area is 87.5 Å². The summed E-state index contributed by atoms with van der Waals surface area (Å²) in [6.45, 7) is 4.90. The highest BCUT2D eigenvalue weighted by Crippen LogP contribution is 2.25. The van der Waals surface area contributed by atoms with E-state index in [9.17, 15) is 0 Å². The third-order valence-corrected chi connectivity index (χ3v) is 2.89. The Kier molecular flexibility index (Phi) is 2.68. The van der Waals surface area contributed by atoms with Gasteiger partial charge in [0.1, 0.15) is 5.75 Å². The number of benzene rings is 1. The van der Waals surface area contributed by atoms with E-state index in [1.807, 2.05) is 19.1 Å². The summed E-state index contributed by atoms with van der Waals surface area (Å²) >= 11 is 1.72. The van der Waals surface area contributed by atoms with E-state index in [-0.39, 0.29) is 0 Å². The molecule has 1 aromatic carbocycles. The van der Waals surface area contributed by atoms with Crippen molar-refractivity contribution in [2.24, 2.45) is 0 Å². The van der Waals surface area contributed by atoms with Gasteiger partial charge in [-0.2, -0.15) is 0 Å². The smallest absolute Gasteiger partial charge is 0.121 e. The monoisotopic (exact) mass is 207 g/mol. The number of nitrogens with zero attached hydrogens (tertiary/aromatic N) is 1. The second kappa shape index (κ2) is 3.96. The lowest BCUT2D eigenvalue weighted by Gasteiger charge is -2.02. The van der Waals surface area contributed by atoms with Crippen LogP contribution in [0.25, 0.3) is 10.2 Å². The van der Waals surface area contributed by atoms with Crippen molar-refractivity contribution < 1.29 is 4.74 Å². The highest BCUT2D eigenvalue weighted by molar-refractivity contribution is 7.18. The highest BCUT2D eigenvalue weighted by atomic mass is 32.1. The van der Waals surface area contributed by atoms with E-state index in [2.05, 4.69) is 18.0 Å². The van der Waals surface area contributed by atoms with Crippen molar-refractivity contribution in [3.63, 3.8) is 0 Å². The van der Waals surface area contributed by atoms with Crippen LogP contribution in [0, 0.1) is 6.92 Å². The normalized spacial score (nSPS) is 10.7. The topological polar surface area (TPSA) is 22.1 Å². The number of hydrogen-bond acceptors (Lipinski definition) is 3. The molecule has 0 aliphatic rings. The molecule has 0 amide bonds. The first-order valence-electron chi connectivity index (χ1n) is 4.79. The number of aromatic nitrogens is 1. The molecule has 1 aromatic heterocycles. The summed E-state index contributed by atoms with van der Waals surface area (Å²) in [7, 11) is 0. The first kappa shape index (κ1) is 9.46. The van der Waals surface area contributed by atoms with Crippen molar-refractivity contribution in [2.45, 2.75) is 20.3 Å². The molecule has 0 saturated heterocycles. The molecule has 0 fully saturated rings. The zero-order valence-electron chi connectivity index (χ0n) is 8.41. The molecular formula is C11H13NOS. The number of thiazole rings is 1. The molecule has 2 aromatic rings. The van der Waals surface area contributed by atoms with Gasteiger partial charge in [0.25, 0.3) is 0 Å². The largest absolute Gasteiger partial charge is 0.494 e. The second-order valence-electron chi connectivity index (χ2n) is 3.21. The zero-order chi connectivity index (χ0) is 9.97. The minimum atomic E-state index is 0.772. The molecule has 0 bridgehead atoms. The zero-order valence-corrected chi connectivity index (χ0v) is 9.23. The summed E-state index contributed by atoms with van der Waals surface area (Å²) in [5.41, 5.74) is 1.04. The number of rotatable bonds is 3. The van der Waals surface area contributed by atoms with E-state index >= 15 is 0 Å². The predicted octanol–water partition coefficient (Wildman–Crippen LogP) is 3.39. The molecular weight excluding hydrogens is 194 g/mol. The molecule has 0 aliphatic carbocycles. The molecule has 0 saturated carbocycles. The SMILES string of the molecule is CCCOc1ccc2sc(C)nc2c1. The Morgan fingerprint density at radius 3 is 3.07 bits per heavy atom. The van der Waals surface area contributed by atoms with Crippen LogP contribution < -0.4 is 4.74 Å². The maximum Gasteiger partial charge on any atom is 0.121 e. The first-order valence-corrected chi connectivity index (χ1v) is 5.61. The summed E-state index contributed by atoms with van der Waals surface area (Å²) in [5, 5.41) is 1.10. The Morgan fingerprint density at radius 1 is 1.43 bits per heavy atom. The summed E-state index contributed by atoms with van der Waals surface area (Å²) in [6.07, 6.45) is 1.04. The van der Waals surface area contributed by atoms with Crippen LogP contribution in [0.5, 0.6) is 5.75 Å². The third kappa shape index (κ3) is 1.87. The van der Waals surface area contributed by atoms with Gasteiger partial charge in [-0.25, -0.2) is 4.98 Å². The van der Waals surface area contributed by atoms with Crippen molar-refractivity contribution in [3.05, 3.63) is 23.2 Å². The number of ether oxygens (including phenoxy) is 1. The highest BCUT2D eigenvalue weighted by Gasteiger charge is 2.01. The third-order valence-electron chi connectivity index (χ3n) is 1.94. The van der Waals surface area contributed by atoms with Crippen molar-refractivity contribution >= 4 is 21.6 Å². The van der Waals surface area contributed by atoms with Gasteiger partial charge in [-0.1, -0.05) is 6.92 Å². The predicted molar refractivity (Wildman–Crippen MR) is 60.1 cm³/mol. The molecule has 0 unspecified atom stereocenters. The fourth-order valence-corrected chi connectivity index (χ4v) is 2.14. The van der Waals surface area contributed by atoms with E-state index in [1.54, 1.807) is 11.3 Å². The molecule has 0 radical (unpaired) electrons. The van der Waals surface area contributed by atoms with Gasteiger partial charge in [0.05, 0.1) is 21.8 Å². The van der Waals surface area contributed by atoms with Crippen LogP contribution in [0.2, 0.25) is 0 Å². The summed E-state index contributed by atoms with van der Waals surface area (Å²) in [4.78, 5) is 4.42. The van der Waals surface area contributed by atoms with Gasteiger partial charge in [-0.15, -0.1) is 11.3 Å². The molecule has 2 nitrogen and oxygen atoms in total.